The fraction of sp³-hybridized carbons (Fsp3) is 0.440. The summed E-state index contributed by atoms with van der Waals surface area (Å²) in [5.74, 6) is 1.05. The number of rotatable bonds is 6. The Morgan fingerprint density at radius 1 is 1.07 bits per heavy atom. The van der Waals surface area contributed by atoms with Gasteiger partial charge in [-0.15, -0.1) is 0 Å². The number of benzene rings is 2. The lowest BCUT2D eigenvalue weighted by atomic mass is 9.87. The lowest BCUT2D eigenvalue weighted by molar-refractivity contribution is -0.134. The van der Waals surface area contributed by atoms with Gasteiger partial charge in [0.1, 0.15) is 5.75 Å². The first kappa shape index (κ1) is 19.2. The Balaban J connectivity index is 1.44. The minimum absolute atomic E-state index is 0.0691. The third-order valence-electron chi connectivity index (χ3n) is 6.28. The zero-order valence-electron chi connectivity index (χ0n) is 17.3. The highest BCUT2D eigenvalue weighted by Crippen LogP contribution is 2.41. The quantitative estimate of drug-likeness (QED) is 0.800. The molecule has 3 aliphatic rings. The Morgan fingerprint density at radius 2 is 1.83 bits per heavy atom. The number of hydrogen-bond acceptors (Lipinski definition) is 3. The largest absolute Gasteiger partial charge is 0.481 e. The summed E-state index contributed by atoms with van der Waals surface area (Å²) in [5.41, 5.74) is 3.46. The fourth-order valence-electron chi connectivity index (χ4n) is 4.27. The maximum absolute atomic E-state index is 13.1. The summed E-state index contributed by atoms with van der Waals surface area (Å²) < 4.78 is 6.00. The van der Waals surface area contributed by atoms with Crippen LogP contribution < -0.4 is 10.1 Å². The molecule has 1 aliphatic heterocycles. The topological polar surface area (TPSA) is 58.6 Å². The Kier molecular flexibility index (Phi) is 4.97. The summed E-state index contributed by atoms with van der Waals surface area (Å²) in [6.45, 7) is 2.52. The lowest BCUT2D eigenvalue weighted by Crippen LogP contribution is -2.41. The summed E-state index contributed by atoms with van der Waals surface area (Å²) in [4.78, 5) is 27.4. The smallest absolute Gasteiger partial charge is 0.260 e. The Labute approximate surface area is 177 Å². The van der Waals surface area contributed by atoms with E-state index >= 15 is 0 Å². The summed E-state index contributed by atoms with van der Waals surface area (Å²) in [6.07, 6.45) is 4.41. The van der Waals surface area contributed by atoms with Crippen molar-refractivity contribution in [2.45, 2.75) is 57.2 Å². The van der Waals surface area contributed by atoms with Crippen molar-refractivity contribution in [2.75, 3.05) is 6.54 Å². The van der Waals surface area contributed by atoms with Crippen LogP contribution in [0.25, 0.3) is 0 Å². The van der Waals surface area contributed by atoms with E-state index in [0.717, 1.165) is 49.8 Å². The summed E-state index contributed by atoms with van der Waals surface area (Å²) >= 11 is 0. The standard InChI is InChI=1S/C25H28N2O3/c1-16(24(28)26-20-10-11-20)30-21-12-9-17-13-14-27(25(29)19-7-8-19)23(22(17)15-21)18-5-3-2-4-6-18/h2-6,9,12,15-16,19-20,23H,7-8,10-11,13-14H2,1H3,(H,26,28). The predicted molar refractivity (Wildman–Crippen MR) is 114 cm³/mol. The number of amides is 2. The highest BCUT2D eigenvalue weighted by molar-refractivity contribution is 5.82. The van der Waals surface area contributed by atoms with Crippen molar-refractivity contribution in [3.63, 3.8) is 0 Å². The van der Waals surface area contributed by atoms with Crippen molar-refractivity contribution < 1.29 is 14.3 Å². The molecular formula is C25H28N2O3. The molecule has 2 atom stereocenters. The average molecular weight is 405 g/mol. The van der Waals surface area contributed by atoms with Gasteiger partial charge >= 0.3 is 0 Å². The fourth-order valence-corrected chi connectivity index (χ4v) is 4.27. The first-order valence-electron chi connectivity index (χ1n) is 11.1. The van der Waals surface area contributed by atoms with Crippen molar-refractivity contribution in [3.8, 4) is 5.75 Å². The van der Waals surface area contributed by atoms with E-state index in [2.05, 4.69) is 23.5 Å². The van der Waals surface area contributed by atoms with Crippen LogP contribution in [-0.4, -0.2) is 35.4 Å². The number of nitrogens with zero attached hydrogens (tertiary/aromatic N) is 1. The molecule has 2 unspecified atom stereocenters. The average Bonchev–Trinajstić information content (AvgIpc) is 3.67. The SMILES string of the molecule is CC(Oc1ccc2c(c1)C(c1ccccc1)N(C(=O)C1CC1)CC2)C(=O)NC1CC1. The van der Waals surface area contributed by atoms with Crippen LogP contribution in [0, 0.1) is 5.92 Å². The maximum atomic E-state index is 13.1. The zero-order valence-corrected chi connectivity index (χ0v) is 17.3. The first-order chi connectivity index (χ1) is 14.6. The van der Waals surface area contributed by atoms with Crippen LogP contribution in [0.15, 0.2) is 48.5 Å². The Morgan fingerprint density at radius 3 is 2.53 bits per heavy atom. The van der Waals surface area contributed by atoms with Gasteiger partial charge in [-0.25, -0.2) is 0 Å². The molecular weight excluding hydrogens is 376 g/mol. The predicted octanol–water partition coefficient (Wildman–Crippen LogP) is 3.62. The molecule has 0 bridgehead atoms. The lowest BCUT2D eigenvalue weighted by Gasteiger charge is -2.38. The molecule has 0 radical (unpaired) electrons. The van der Waals surface area contributed by atoms with E-state index in [9.17, 15) is 9.59 Å². The van der Waals surface area contributed by atoms with Gasteiger partial charge in [-0.2, -0.15) is 0 Å². The van der Waals surface area contributed by atoms with Crippen molar-refractivity contribution >= 4 is 11.8 Å². The highest BCUT2D eigenvalue weighted by atomic mass is 16.5. The molecule has 1 N–H and O–H groups in total. The normalized spacial score (nSPS) is 21.5. The molecule has 2 aromatic carbocycles. The van der Waals surface area contributed by atoms with Crippen molar-refractivity contribution in [1.29, 1.82) is 0 Å². The highest BCUT2D eigenvalue weighted by Gasteiger charge is 2.39. The molecule has 0 spiro atoms. The first-order valence-corrected chi connectivity index (χ1v) is 11.1. The Hall–Kier alpha value is -2.82. The van der Waals surface area contributed by atoms with Gasteiger partial charge in [0, 0.05) is 18.5 Å². The third kappa shape index (κ3) is 3.93. The second-order valence-electron chi connectivity index (χ2n) is 8.77. The number of carbonyl (C=O) groups excluding carboxylic acids is 2. The molecule has 2 aromatic rings. The summed E-state index contributed by atoms with van der Waals surface area (Å²) in [6, 6.07) is 16.5. The Bertz CT molecular complexity index is 950. The van der Waals surface area contributed by atoms with Gasteiger partial charge in [-0.3, -0.25) is 9.59 Å². The molecule has 2 amide bonds. The van der Waals surface area contributed by atoms with E-state index in [1.165, 1.54) is 5.56 Å². The maximum Gasteiger partial charge on any atom is 0.260 e. The molecule has 0 saturated heterocycles. The molecule has 156 valence electrons. The van der Waals surface area contributed by atoms with Crippen LogP contribution in [0.5, 0.6) is 5.75 Å². The van der Waals surface area contributed by atoms with Gasteiger partial charge < -0.3 is 15.0 Å². The van der Waals surface area contributed by atoms with E-state index in [1.807, 2.05) is 35.2 Å². The number of ether oxygens (including phenoxy) is 1. The zero-order chi connectivity index (χ0) is 20.7. The van der Waals surface area contributed by atoms with Gasteiger partial charge in [0.25, 0.3) is 5.91 Å². The summed E-state index contributed by atoms with van der Waals surface area (Å²) in [5, 5.41) is 3.00. The van der Waals surface area contributed by atoms with Crippen LogP contribution in [0.3, 0.4) is 0 Å². The van der Waals surface area contributed by atoms with Crippen LogP contribution in [-0.2, 0) is 16.0 Å². The molecule has 2 saturated carbocycles. The van der Waals surface area contributed by atoms with Crippen LogP contribution in [0.4, 0.5) is 0 Å². The third-order valence-corrected chi connectivity index (χ3v) is 6.28. The second kappa shape index (κ2) is 7.78. The van der Waals surface area contributed by atoms with Gasteiger partial charge in [0.05, 0.1) is 6.04 Å². The van der Waals surface area contributed by atoms with E-state index in [0.29, 0.717) is 11.8 Å². The van der Waals surface area contributed by atoms with E-state index < -0.39 is 6.10 Å². The van der Waals surface area contributed by atoms with Crippen molar-refractivity contribution in [3.05, 3.63) is 65.2 Å². The van der Waals surface area contributed by atoms with Crippen molar-refractivity contribution in [1.82, 2.24) is 10.2 Å². The second-order valence-corrected chi connectivity index (χ2v) is 8.77. The molecule has 0 aromatic heterocycles. The molecule has 2 fully saturated rings. The van der Waals surface area contributed by atoms with Crippen LogP contribution >= 0.6 is 0 Å². The van der Waals surface area contributed by atoms with Gasteiger partial charge in [0.2, 0.25) is 5.91 Å². The molecule has 30 heavy (non-hydrogen) atoms. The van der Waals surface area contributed by atoms with Gasteiger partial charge in [0.15, 0.2) is 6.10 Å². The molecule has 1 heterocycles. The minimum atomic E-state index is -0.549. The monoisotopic (exact) mass is 404 g/mol. The molecule has 5 heteroatoms. The van der Waals surface area contributed by atoms with E-state index in [4.69, 9.17) is 4.74 Å². The van der Waals surface area contributed by atoms with Crippen LogP contribution in [0.2, 0.25) is 0 Å². The van der Waals surface area contributed by atoms with Gasteiger partial charge in [-0.1, -0.05) is 36.4 Å². The van der Waals surface area contributed by atoms with Crippen LogP contribution in [0.1, 0.15) is 55.3 Å². The number of nitrogens with one attached hydrogen (secondary N) is 1. The number of fused-ring (bicyclic) bond motifs is 1. The number of carbonyl (C=O) groups is 2. The molecule has 5 rings (SSSR count). The van der Waals surface area contributed by atoms with E-state index in [1.54, 1.807) is 6.92 Å². The summed E-state index contributed by atoms with van der Waals surface area (Å²) in [7, 11) is 0. The van der Waals surface area contributed by atoms with E-state index in [-0.39, 0.29) is 23.8 Å². The minimum Gasteiger partial charge on any atom is -0.481 e. The van der Waals surface area contributed by atoms with Gasteiger partial charge in [-0.05, 0) is 67.9 Å². The molecule has 2 aliphatic carbocycles. The molecule has 5 nitrogen and oxygen atoms in total. The van der Waals surface area contributed by atoms with Crippen molar-refractivity contribution in [2.24, 2.45) is 5.92 Å². The number of hydrogen-bond donors (Lipinski definition) is 1.